The van der Waals surface area contributed by atoms with Crippen molar-refractivity contribution in [2.75, 3.05) is 18.0 Å². The average Bonchev–Trinajstić information content (AvgIpc) is 3.10. The third-order valence-electron chi connectivity index (χ3n) is 5.00. The molecular weight excluding hydrogens is 385 g/mol. The van der Waals surface area contributed by atoms with Crippen LogP contribution < -0.4 is 15.0 Å². The third-order valence-corrected chi connectivity index (χ3v) is 5.96. The lowest BCUT2D eigenvalue weighted by Gasteiger charge is -2.36. The summed E-state index contributed by atoms with van der Waals surface area (Å²) in [5.41, 5.74) is 1.95. The summed E-state index contributed by atoms with van der Waals surface area (Å²) in [4.78, 5) is 2.34. The fourth-order valence-electron chi connectivity index (χ4n) is 3.75. The van der Waals surface area contributed by atoms with E-state index in [0.29, 0.717) is 12.6 Å². The largest absolute Gasteiger partial charge is 0.573 e. The van der Waals surface area contributed by atoms with E-state index in [-0.39, 0.29) is 5.75 Å². The van der Waals surface area contributed by atoms with Gasteiger partial charge in [0, 0.05) is 28.1 Å². The number of nitrogens with zero attached hydrogens (tertiary/aromatic N) is 1. The number of alkyl halides is 3. The third kappa shape index (κ3) is 4.42. The van der Waals surface area contributed by atoms with Crippen LogP contribution in [0.15, 0.2) is 53.9 Å². The van der Waals surface area contributed by atoms with Gasteiger partial charge in [-0.3, -0.25) is 0 Å². The molecule has 0 radical (unpaired) electrons. The molecule has 1 fully saturated rings. The van der Waals surface area contributed by atoms with Crippen LogP contribution >= 0.6 is 11.3 Å². The molecule has 2 aromatic carbocycles. The Bertz CT molecular complexity index is 935. The van der Waals surface area contributed by atoms with Crippen LogP contribution in [0.1, 0.15) is 18.4 Å². The van der Waals surface area contributed by atoms with Crippen molar-refractivity contribution in [1.29, 1.82) is 0 Å². The van der Waals surface area contributed by atoms with Crippen molar-refractivity contribution < 1.29 is 17.9 Å². The minimum absolute atomic E-state index is 0.176. The summed E-state index contributed by atoms with van der Waals surface area (Å²) in [6, 6.07) is 14.9. The highest BCUT2D eigenvalue weighted by Gasteiger charge is 2.31. The number of rotatable bonds is 5. The summed E-state index contributed by atoms with van der Waals surface area (Å²) < 4.78 is 43.1. The Kier molecular flexibility index (Phi) is 5.46. The molecule has 1 saturated heterocycles. The maximum Gasteiger partial charge on any atom is 0.573 e. The Morgan fingerprint density at radius 1 is 1.07 bits per heavy atom. The number of anilines is 1. The van der Waals surface area contributed by atoms with Crippen molar-refractivity contribution in [2.24, 2.45) is 0 Å². The molecule has 4 rings (SSSR count). The first-order valence-corrected chi connectivity index (χ1v) is 10.2. The number of thiophene rings is 1. The molecule has 0 amide bonds. The van der Waals surface area contributed by atoms with Gasteiger partial charge in [0.15, 0.2) is 0 Å². The molecule has 28 heavy (non-hydrogen) atoms. The van der Waals surface area contributed by atoms with Gasteiger partial charge in [-0.1, -0.05) is 30.3 Å². The summed E-state index contributed by atoms with van der Waals surface area (Å²) in [6.07, 6.45) is -2.68. The second kappa shape index (κ2) is 8.01. The summed E-state index contributed by atoms with van der Waals surface area (Å²) in [5.74, 6) is -0.176. The van der Waals surface area contributed by atoms with Crippen LogP contribution in [0.4, 0.5) is 18.9 Å². The zero-order valence-electron chi connectivity index (χ0n) is 15.2. The van der Waals surface area contributed by atoms with Gasteiger partial charge in [-0.25, -0.2) is 0 Å². The number of ether oxygens (including phenoxy) is 1. The number of halogens is 3. The molecule has 3 nitrogen and oxygen atoms in total. The van der Waals surface area contributed by atoms with Crippen molar-refractivity contribution in [2.45, 2.75) is 31.8 Å². The van der Waals surface area contributed by atoms with Crippen molar-refractivity contribution in [3.05, 3.63) is 59.5 Å². The summed E-state index contributed by atoms with van der Waals surface area (Å²) in [7, 11) is 0. The molecule has 1 aliphatic heterocycles. The molecule has 2 heterocycles. The lowest BCUT2D eigenvalue weighted by Crippen LogP contribution is -2.42. The monoisotopic (exact) mass is 406 g/mol. The van der Waals surface area contributed by atoms with Gasteiger partial charge in [0.1, 0.15) is 5.75 Å². The molecule has 7 heteroatoms. The Balaban J connectivity index is 1.66. The van der Waals surface area contributed by atoms with Crippen molar-refractivity contribution >= 4 is 27.1 Å². The van der Waals surface area contributed by atoms with Gasteiger partial charge in [0.05, 0.1) is 5.69 Å². The Labute approximate surface area is 165 Å². The number of hydrogen-bond acceptors (Lipinski definition) is 4. The van der Waals surface area contributed by atoms with E-state index >= 15 is 0 Å². The summed E-state index contributed by atoms with van der Waals surface area (Å²) in [5, 5.41) is 6.73. The fraction of sp³-hybridized carbons (Fsp3) is 0.333. The van der Waals surface area contributed by atoms with E-state index in [2.05, 4.69) is 32.5 Å². The molecule has 0 atom stereocenters. The second-order valence-electron chi connectivity index (χ2n) is 6.92. The SMILES string of the molecule is FC(F)(F)Oc1cccc(CN(c2csc3ccccc23)C2CCNCC2)c1. The topological polar surface area (TPSA) is 24.5 Å². The van der Waals surface area contributed by atoms with Gasteiger partial charge in [-0.15, -0.1) is 24.5 Å². The van der Waals surface area contributed by atoms with Crippen LogP contribution in [0.2, 0.25) is 0 Å². The number of benzene rings is 2. The first kappa shape index (κ1) is 19.1. The predicted octanol–water partition coefficient (Wildman–Crippen LogP) is 5.56. The van der Waals surface area contributed by atoms with Crippen LogP contribution in [0.3, 0.4) is 0 Å². The number of piperidine rings is 1. The number of nitrogens with one attached hydrogen (secondary N) is 1. The van der Waals surface area contributed by atoms with E-state index in [4.69, 9.17) is 0 Å². The highest BCUT2D eigenvalue weighted by molar-refractivity contribution is 7.17. The molecule has 0 saturated carbocycles. The van der Waals surface area contributed by atoms with E-state index in [1.807, 2.05) is 18.2 Å². The molecule has 0 aliphatic carbocycles. The highest BCUT2D eigenvalue weighted by atomic mass is 32.1. The van der Waals surface area contributed by atoms with Gasteiger partial charge in [0.2, 0.25) is 0 Å². The predicted molar refractivity (Wildman–Crippen MR) is 107 cm³/mol. The van der Waals surface area contributed by atoms with Crippen LogP contribution in [0, 0.1) is 0 Å². The quantitative estimate of drug-likeness (QED) is 0.601. The lowest BCUT2D eigenvalue weighted by molar-refractivity contribution is -0.274. The summed E-state index contributed by atoms with van der Waals surface area (Å²) in [6.45, 7) is 2.43. The lowest BCUT2D eigenvalue weighted by atomic mass is 10.0. The first-order valence-electron chi connectivity index (χ1n) is 9.28. The normalized spacial score (nSPS) is 15.7. The first-order chi connectivity index (χ1) is 13.5. The molecule has 3 aromatic rings. The van der Waals surface area contributed by atoms with Crippen LogP contribution in [-0.2, 0) is 6.54 Å². The Morgan fingerprint density at radius 3 is 2.64 bits per heavy atom. The minimum atomic E-state index is -4.68. The van der Waals surface area contributed by atoms with E-state index in [1.165, 1.54) is 22.2 Å². The standard InChI is InChI=1S/C21H21F3N2OS/c22-21(23,24)27-17-5-3-4-15(12-17)13-26(16-8-10-25-11-9-16)19-14-28-20-7-2-1-6-18(19)20/h1-7,12,14,16,25H,8-11,13H2. The smallest absolute Gasteiger partial charge is 0.406 e. The van der Waals surface area contributed by atoms with Crippen LogP contribution in [0.25, 0.3) is 10.1 Å². The Hall–Kier alpha value is -2.25. The van der Waals surface area contributed by atoms with Gasteiger partial charge < -0.3 is 15.0 Å². The molecule has 0 spiro atoms. The van der Waals surface area contributed by atoms with Gasteiger partial charge in [0.25, 0.3) is 0 Å². The summed E-state index contributed by atoms with van der Waals surface area (Å²) >= 11 is 1.70. The van der Waals surface area contributed by atoms with E-state index in [9.17, 15) is 13.2 Å². The maximum absolute atomic E-state index is 12.6. The van der Waals surface area contributed by atoms with Crippen molar-refractivity contribution in [3.8, 4) is 5.75 Å². The maximum atomic E-state index is 12.6. The minimum Gasteiger partial charge on any atom is -0.406 e. The second-order valence-corrected chi connectivity index (χ2v) is 7.83. The molecule has 1 N–H and O–H groups in total. The number of fused-ring (bicyclic) bond motifs is 1. The molecule has 148 valence electrons. The van der Waals surface area contributed by atoms with Gasteiger partial charge >= 0.3 is 6.36 Å². The highest BCUT2D eigenvalue weighted by Crippen LogP contribution is 2.36. The van der Waals surface area contributed by atoms with Gasteiger partial charge in [-0.2, -0.15) is 0 Å². The van der Waals surface area contributed by atoms with Crippen molar-refractivity contribution in [1.82, 2.24) is 5.32 Å². The fourth-order valence-corrected chi connectivity index (χ4v) is 4.71. The molecule has 1 aliphatic rings. The molecule has 1 aromatic heterocycles. The van der Waals surface area contributed by atoms with E-state index in [0.717, 1.165) is 37.2 Å². The van der Waals surface area contributed by atoms with Crippen LogP contribution in [0.5, 0.6) is 5.75 Å². The van der Waals surface area contributed by atoms with E-state index < -0.39 is 6.36 Å². The van der Waals surface area contributed by atoms with E-state index in [1.54, 1.807) is 17.4 Å². The number of hydrogen-bond donors (Lipinski definition) is 1. The zero-order chi connectivity index (χ0) is 19.6. The van der Waals surface area contributed by atoms with Crippen LogP contribution in [-0.4, -0.2) is 25.5 Å². The average molecular weight is 406 g/mol. The molecular formula is C21H21F3N2OS. The molecule has 0 bridgehead atoms. The Morgan fingerprint density at radius 2 is 1.86 bits per heavy atom. The van der Waals surface area contributed by atoms with Gasteiger partial charge in [-0.05, 0) is 49.7 Å². The zero-order valence-corrected chi connectivity index (χ0v) is 16.0. The molecule has 0 unspecified atom stereocenters. The van der Waals surface area contributed by atoms with Crippen molar-refractivity contribution in [3.63, 3.8) is 0 Å².